The van der Waals surface area contributed by atoms with Gasteiger partial charge in [0.15, 0.2) is 0 Å². The third-order valence-corrected chi connectivity index (χ3v) is 4.88. The predicted octanol–water partition coefficient (Wildman–Crippen LogP) is 5.60. The first-order chi connectivity index (χ1) is 8.94. The number of ether oxygens (including phenoxy) is 1. The molecule has 0 saturated heterocycles. The van der Waals surface area contributed by atoms with E-state index in [1.165, 1.54) is 0 Å². The minimum atomic E-state index is -0.387. The van der Waals surface area contributed by atoms with Crippen molar-refractivity contribution in [3.8, 4) is 0 Å². The lowest BCUT2D eigenvalue weighted by atomic mass is 9.73. The number of hydrogen-bond donors (Lipinski definition) is 0. The van der Waals surface area contributed by atoms with Gasteiger partial charge >= 0.3 is 5.97 Å². The second-order valence-electron chi connectivity index (χ2n) is 8.02. The van der Waals surface area contributed by atoms with E-state index < -0.39 is 0 Å². The zero-order chi connectivity index (χ0) is 16.2. The van der Waals surface area contributed by atoms with Crippen LogP contribution in [0.3, 0.4) is 0 Å². The Balaban J connectivity index is 5.12. The van der Waals surface area contributed by atoms with Gasteiger partial charge in [0.05, 0.1) is 5.41 Å². The Morgan fingerprint density at radius 1 is 1.00 bits per heavy atom. The van der Waals surface area contributed by atoms with E-state index in [2.05, 4.69) is 55.4 Å². The van der Waals surface area contributed by atoms with Crippen LogP contribution < -0.4 is 0 Å². The van der Waals surface area contributed by atoms with Crippen molar-refractivity contribution in [3.05, 3.63) is 0 Å². The summed E-state index contributed by atoms with van der Waals surface area (Å²) in [6.45, 7) is 19.2. The minimum absolute atomic E-state index is 0.0282. The van der Waals surface area contributed by atoms with Gasteiger partial charge in [0, 0.05) is 0 Å². The fourth-order valence-corrected chi connectivity index (χ4v) is 2.80. The van der Waals surface area contributed by atoms with Gasteiger partial charge in [-0.15, -0.1) is 0 Å². The van der Waals surface area contributed by atoms with Gasteiger partial charge in [-0.3, -0.25) is 4.79 Å². The maximum atomic E-state index is 12.7. The van der Waals surface area contributed by atoms with Crippen LogP contribution in [-0.4, -0.2) is 11.6 Å². The molecule has 0 fully saturated rings. The number of carbonyl (C=O) groups is 1. The highest BCUT2D eigenvalue weighted by Gasteiger charge is 2.41. The Labute approximate surface area is 126 Å². The van der Waals surface area contributed by atoms with E-state index in [0.29, 0.717) is 5.92 Å². The molecule has 0 radical (unpaired) electrons. The highest BCUT2D eigenvalue weighted by Crippen LogP contribution is 2.39. The van der Waals surface area contributed by atoms with Crippen LogP contribution in [-0.2, 0) is 9.53 Å². The summed E-state index contributed by atoms with van der Waals surface area (Å²) >= 11 is 0. The smallest absolute Gasteiger partial charge is 0.312 e. The van der Waals surface area contributed by atoms with Crippen LogP contribution in [0.5, 0.6) is 0 Å². The molecule has 2 heteroatoms. The third kappa shape index (κ3) is 5.10. The molecule has 120 valence electrons. The summed E-state index contributed by atoms with van der Waals surface area (Å²) in [5.41, 5.74) is -0.606. The van der Waals surface area contributed by atoms with Gasteiger partial charge in [-0.1, -0.05) is 48.5 Å². The van der Waals surface area contributed by atoms with Crippen LogP contribution in [0, 0.1) is 16.7 Å². The topological polar surface area (TPSA) is 26.3 Å². The van der Waals surface area contributed by atoms with Crippen LogP contribution in [0.15, 0.2) is 0 Å². The molecular weight excluding hydrogens is 248 g/mol. The van der Waals surface area contributed by atoms with Crippen LogP contribution in [0.25, 0.3) is 0 Å². The van der Waals surface area contributed by atoms with Crippen LogP contribution in [0.4, 0.5) is 0 Å². The van der Waals surface area contributed by atoms with Crippen LogP contribution >= 0.6 is 0 Å². The van der Waals surface area contributed by atoms with Crippen molar-refractivity contribution >= 4 is 5.97 Å². The molecule has 0 aromatic heterocycles. The Morgan fingerprint density at radius 2 is 1.50 bits per heavy atom. The largest absolute Gasteiger partial charge is 0.459 e. The number of rotatable bonds is 7. The first-order valence-corrected chi connectivity index (χ1v) is 8.17. The molecule has 3 atom stereocenters. The van der Waals surface area contributed by atoms with Crippen LogP contribution in [0.2, 0.25) is 0 Å². The second-order valence-corrected chi connectivity index (χ2v) is 8.02. The maximum Gasteiger partial charge on any atom is 0.312 e. The fraction of sp³-hybridized carbons (Fsp3) is 0.944. The molecule has 0 aliphatic rings. The number of esters is 1. The molecule has 0 amide bonds. The monoisotopic (exact) mass is 284 g/mol. The summed E-state index contributed by atoms with van der Waals surface area (Å²) in [5, 5.41) is 0. The van der Waals surface area contributed by atoms with Gasteiger partial charge in [-0.05, 0) is 50.9 Å². The Kier molecular flexibility index (Phi) is 6.77. The Hall–Kier alpha value is -0.530. The van der Waals surface area contributed by atoms with E-state index in [4.69, 9.17) is 4.74 Å². The van der Waals surface area contributed by atoms with Crippen molar-refractivity contribution in [1.82, 2.24) is 0 Å². The zero-order valence-corrected chi connectivity index (χ0v) is 15.2. The minimum Gasteiger partial charge on any atom is -0.459 e. The van der Waals surface area contributed by atoms with Crippen molar-refractivity contribution in [2.45, 2.75) is 93.6 Å². The lowest BCUT2D eigenvalue weighted by Crippen LogP contribution is -2.43. The standard InChI is InChI=1S/C18H36O2/c1-10-14(4)18(9,12-3)20-15(19)17(8,11-2)13-16(5,6)7/h14H,10-13H2,1-9H3. The quantitative estimate of drug-likeness (QED) is 0.569. The molecule has 0 N–H and O–H groups in total. The second kappa shape index (κ2) is 6.95. The molecule has 3 unspecified atom stereocenters. The molecule has 0 aliphatic carbocycles. The SMILES string of the molecule is CCC(C)C(C)(CC)OC(=O)C(C)(CC)CC(C)(C)C. The lowest BCUT2D eigenvalue weighted by Gasteiger charge is -2.39. The Bertz CT molecular complexity index is 316. The van der Waals surface area contributed by atoms with Crippen molar-refractivity contribution in [2.24, 2.45) is 16.7 Å². The van der Waals surface area contributed by atoms with Crippen molar-refractivity contribution in [3.63, 3.8) is 0 Å². The van der Waals surface area contributed by atoms with E-state index in [9.17, 15) is 4.79 Å². The molecular formula is C18H36O2. The fourth-order valence-electron chi connectivity index (χ4n) is 2.80. The van der Waals surface area contributed by atoms with E-state index >= 15 is 0 Å². The average Bonchev–Trinajstić information content (AvgIpc) is 2.35. The number of hydrogen-bond acceptors (Lipinski definition) is 2. The predicted molar refractivity (Wildman–Crippen MR) is 86.7 cm³/mol. The summed E-state index contributed by atoms with van der Waals surface area (Å²) < 4.78 is 6.00. The van der Waals surface area contributed by atoms with Gasteiger partial charge in [-0.2, -0.15) is 0 Å². The summed E-state index contributed by atoms with van der Waals surface area (Å²) in [4.78, 5) is 12.7. The van der Waals surface area contributed by atoms with E-state index in [0.717, 1.165) is 25.7 Å². The van der Waals surface area contributed by atoms with Gasteiger partial charge in [0.2, 0.25) is 0 Å². The Morgan fingerprint density at radius 3 is 1.80 bits per heavy atom. The van der Waals surface area contributed by atoms with Gasteiger partial charge in [0.25, 0.3) is 0 Å². The lowest BCUT2D eigenvalue weighted by molar-refractivity contribution is -0.178. The molecule has 0 saturated carbocycles. The highest BCUT2D eigenvalue weighted by molar-refractivity contribution is 5.76. The van der Waals surface area contributed by atoms with Crippen molar-refractivity contribution in [2.75, 3.05) is 0 Å². The average molecular weight is 284 g/mol. The first-order valence-electron chi connectivity index (χ1n) is 8.17. The van der Waals surface area contributed by atoms with E-state index in [1.54, 1.807) is 0 Å². The van der Waals surface area contributed by atoms with E-state index in [1.807, 2.05) is 6.92 Å². The first kappa shape index (κ1) is 19.5. The van der Waals surface area contributed by atoms with Crippen LogP contribution in [0.1, 0.15) is 88.0 Å². The zero-order valence-electron chi connectivity index (χ0n) is 15.2. The molecule has 0 aromatic carbocycles. The molecule has 0 aliphatic heterocycles. The molecule has 0 heterocycles. The van der Waals surface area contributed by atoms with Gasteiger partial charge in [-0.25, -0.2) is 0 Å². The molecule has 0 aromatic rings. The maximum absolute atomic E-state index is 12.7. The molecule has 0 rings (SSSR count). The summed E-state index contributed by atoms with van der Waals surface area (Å²) in [7, 11) is 0. The molecule has 2 nitrogen and oxygen atoms in total. The van der Waals surface area contributed by atoms with E-state index in [-0.39, 0.29) is 22.4 Å². The van der Waals surface area contributed by atoms with Gasteiger partial charge < -0.3 is 4.74 Å². The normalized spacial score (nSPS) is 19.9. The summed E-state index contributed by atoms with van der Waals surface area (Å²) in [6.07, 6.45) is 3.57. The molecule has 20 heavy (non-hydrogen) atoms. The highest BCUT2D eigenvalue weighted by atomic mass is 16.6. The summed E-state index contributed by atoms with van der Waals surface area (Å²) in [5.74, 6) is 0.353. The third-order valence-electron chi connectivity index (χ3n) is 4.88. The number of carbonyl (C=O) groups excluding carboxylic acids is 1. The molecule has 0 bridgehead atoms. The molecule has 0 spiro atoms. The summed E-state index contributed by atoms with van der Waals surface area (Å²) in [6, 6.07) is 0. The van der Waals surface area contributed by atoms with Crippen molar-refractivity contribution < 1.29 is 9.53 Å². The van der Waals surface area contributed by atoms with Gasteiger partial charge in [0.1, 0.15) is 5.60 Å². The van der Waals surface area contributed by atoms with Crippen molar-refractivity contribution in [1.29, 1.82) is 0 Å².